The predicted molar refractivity (Wildman–Crippen MR) is 70.0 cm³/mol. The number of carbonyl (C=O) groups excluding carboxylic acids is 2. The number of fused-ring (bicyclic) bond motifs is 2. The van der Waals surface area contributed by atoms with E-state index in [1.165, 1.54) is 11.8 Å². The summed E-state index contributed by atoms with van der Waals surface area (Å²) in [5.74, 6) is 1.46. The van der Waals surface area contributed by atoms with Crippen LogP contribution in [0.3, 0.4) is 0 Å². The number of hydrogen-bond acceptors (Lipinski definition) is 4. The zero-order chi connectivity index (χ0) is 11.8. The molecular weight excluding hydrogens is 254 g/mol. The first-order valence-electron chi connectivity index (χ1n) is 5.44. The first-order valence-corrected chi connectivity index (χ1v) is 7.48. The molecular formula is C12H11NO2S2. The Hall–Kier alpha value is -0.940. The van der Waals surface area contributed by atoms with E-state index in [-0.39, 0.29) is 16.4 Å². The van der Waals surface area contributed by atoms with Crippen LogP contribution in [0.4, 0.5) is 0 Å². The molecule has 3 nitrogen and oxygen atoms in total. The van der Waals surface area contributed by atoms with Crippen LogP contribution in [0.5, 0.6) is 0 Å². The molecule has 2 aliphatic rings. The van der Waals surface area contributed by atoms with Crippen LogP contribution in [0.1, 0.15) is 15.9 Å². The van der Waals surface area contributed by atoms with Crippen molar-refractivity contribution in [3.8, 4) is 0 Å². The third-order valence-electron chi connectivity index (χ3n) is 2.97. The summed E-state index contributed by atoms with van der Waals surface area (Å²) >= 11 is 2.89. The van der Waals surface area contributed by atoms with E-state index in [9.17, 15) is 9.59 Å². The second-order valence-electron chi connectivity index (χ2n) is 3.99. The number of amides is 1. The summed E-state index contributed by atoms with van der Waals surface area (Å²) in [7, 11) is 0. The number of nitrogens with zero attached hydrogens (tertiary/aromatic N) is 1. The first kappa shape index (κ1) is 11.2. The fourth-order valence-electron chi connectivity index (χ4n) is 2.10. The van der Waals surface area contributed by atoms with Crippen molar-refractivity contribution in [2.75, 3.05) is 12.3 Å². The Morgan fingerprint density at radius 3 is 2.94 bits per heavy atom. The summed E-state index contributed by atoms with van der Waals surface area (Å²) < 4.78 is 0. The van der Waals surface area contributed by atoms with Crippen molar-refractivity contribution in [1.82, 2.24) is 4.90 Å². The number of carbonyl (C=O) groups is 2. The molecule has 0 spiro atoms. The summed E-state index contributed by atoms with van der Waals surface area (Å²) in [6.45, 7) is 0.675. The highest BCUT2D eigenvalue weighted by atomic mass is 32.2. The largest absolute Gasteiger partial charge is 0.318 e. The molecule has 0 saturated carbocycles. The van der Waals surface area contributed by atoms with Crippen molar-refractivity contribution in [1.29, 1.82) is 0 Å². The predicted octanol–water partition coefficient (Wildman–Crippen LogP) is 1.98. The fourth-order valence-corrected chi connectivity index (χ4v) is 4.37. The summed E-state index contributed by atoms with van der Waals surface area (Å²) in [5.41, 5.74) is 1.71. The number of hydrogen-bond donors (Lipinski definition) is 0. The summed E-state index contributed by atoms with van der Waals surface area (Å²) in [6, 6.07) is 7.57. The molecule has 1 unspecified atom stereocenters. The fraction of sp³-hybridized carbons (Fsp3) is 0.333. The molecule has 5 heteroatoms. The van der Waals surface area contributed by atoms with Crippen LogP contribution in [-0.4, -0.2) is 33.6 Å². The van der Waals surface area contributed by atoms with E-state index < -0.39 is 0 Å². The van der Waals surface area contributed by atoms with Crippen molar-refractivity contribution in [2.45, 2.75) is 11.1 Å². The van der Waals surface area contributed by atoms with Gasteiger partial charge in [-0.25, -0.2) is 0 Å². The molecule has 0 aromatic heterocycles. The smallest absolute Gasteiger partial charge is 0.255 e. The maximum absolute atomic E-state index is 12.4. The molecule has 1 aromatic rings. The van der Waals surface area contributed by atoms with E-state index >= 15 is 0 Å². The molecule has 1 aromatic carbocycles. The highest BCUT2D eigenvalue weighted by Crippen LogP contribution is 2.33. The van der Waals surface area contributed by atoms with Crippen molar-refractivity contribution in [3.05, 3.63) is 35.4 Å². The summed E-state index contributed by atoms with van der Waals surface area (Å²) in [4.78, 5) is 26.0. The molecule has 0 N–H and O–H groups in total. The van der Waals surface area contributed by atoms with Gasteiger partial charge in [-0.05, 0) is 11.6 Å². The lowest BCUT2D eigenvalue weighted by Crippen LogP contribution is -2.40. The minimum absolute atomic E-state index is 0.00394. The van der Waals surface area contributed by atoms with Crippen LogP contribution in [0, 0.1) is 0 Å². The molecule has 0 aliphatic carbocycles. The van der Waals surface area contributed by atoms with Crippen molar-refractivity contribution in [3.63, 3.8) is 0 Å². The molecule has 1 saturated heterocycles. The molecule has 0 radical (unpaired) electrons. The SMILES string of the molecule is O=C1SCc2ccccc2C(=O)N2CCSC12. The molecule has 88 valence electrons. The molecule has 3 rings (SSSR count). The minimum atomic E-state index is -0.277. The van der Waals surface area contributed by atoms with E-state index in [1.54, 1.807) is 16.7 Å². The molecule has 2 heterocycles. The van der Waals surface area contributed by atoms with Crippen molar-refractivity contribution >= 4 is 34.5 Å². The zero-order valence-electron chi connectivity index (χ0n) is 9.09. The Balaban J connectivity index is 2.06. The van der Waals surface area contributed by atoms with Crippen LogP contribution in [-0.2, 0) is 10.5 Å². The van der Waals surface area contributed by atoms with Crippen molar-refractivity contribution in [2.24, 2.45) is 0 Å². The number of rotatable bonds is 0. The molecule has 1 amide bonds. The van der Waals surface area contributed by atoms with Gasteiger partial charge < -0.3 is 4.90 Å². The Bertz CT molecular complexity index is 489. The topological polar surface area (TPSA) is 37.4 Å². The van der Waals surface area contributed by atoms with E-state index in [2.05, 4.69) is 0 Å². The standard InChI is InChI=1S/C12H11NO2S2/c14-10-9-4-2-1-3-8(9)7-17-12(15)11-13(10)5-6-16-11/h1-4,11H,5-7H2. The monoisotopic (exact) mass is 265 g/mol. The summed E-state index contributed by atoms with van der Waals surface area (Å²) in [5, 5.41) is -0.170. The lowest BCUT2D eigenvalue weighted by molar-refractivity contribution is -0.112. The van der Waals surface area contributed by atoms with E-state index in [0.29, 0.717) is 12.3 Å². The molecule has 17 heavy (non-hydrogen) atoms. The molecule has 1 fully saturated rings. The normalized spacial score (nSPS) is 24.0. The third kappa shape index (κ3) is 1.87. The lowest BCUT2D eigenvalue weighted by Gasteiger charge is -2.25. The average molecular weight is 265 g/mol. The van der Waals surface area contributed by atoms with Crippen LogP contribution < -0.4 is 0 Å². The van der Waals surface area contributed by atoms with Gasteiger partial charge in [0, 0.05) is 23.6 Å². The van der Waals surface area contributed by atoms with Crippen LogP contribution in [0.15, 0.2) is 24.3 Å². The van der Waals surface area contributed by atoms with Crippen LogP contribution >= 0.6 is 23.5 Å². The lowest BCUT2D eigenvalue weighted by atomic mass is 10.1. The van der Waals surface area contributed by atoms with Gasteiger partial charge in [-0.15, -0.1) is 11.8 Å². The number of benzene rings is 1. The van der Waals surface area contributed by atoms with Gasteiger partial charge in [0.1, 0.15) is 5.37 Å². The highest BCUT2D eigenvalue weighted by Gasteiger charge is 2.37. The first-order chi connectivity index (χ1) is 8.27. The second-order valence-corrected chi connectivity index (χ2v) is 6.15. The van der Waals surface area contributed by atoms with Crippen LogP contribution in [0.25, 0.3) is 0 Å². The maximum atomic E-state index is 12.4. The van der Waals surface area contributed by atoms with Crippen molar-refractivity contribution < 1.29 is 9.59 Å². The zero-order valence-corrected chi connectivity index (χ0v) is 10.7. The highest BCUT2D eigenvalue weighted by molar-refractivity contribution is 8.15. The van der Waals surface area contributed by atoms with Gasteiger partial charge in [-0.2, -0.15) is 0 Å². The Kier molecular flexibility index (Phi) is 2.88. The van der Waals surface area contributed by atoms with Gasteiger partial charge >= 0.3 is 0 Å². The Morgan fingerprint density at radius 2 is 2.06 bits per heavy atom. The van der Waals surface area contributed by atoms with Crippen LogP contribution in [0.2, 0.25) is 0 Å². The maximum Gasteiger partial charge on any atom is 0.255 e. The minimum Gasteiger partial charge on any atom is -0.318 e. The number of thioether (sulfide) groups is 2. The van der Waals surface area contributed by atoms with Gasteiger partial charge in [0.25, 0.3) is 5.91 Å². The Morgan fingerprint density at radius 1 is 1.24 bits per heavy atom. The van der Waals surface area contributed by atoms with Gasteiger partial charge in [0.2, 0.25) is 5.12 Å². The molecule has 1 atom stereocenters. The van der Waals surface area contributed by atoms with E-state index in [4.69, 9.17) is 0 Å². The molecule has 0 bridgehead atoms. The van der Waals surface area contributed by atoms with E-state index in [1.807, 2.05) is 24.3 Å². The Labute approximate surface area is 108 Å². The van der Waals surface area contributed by atoms with E-state index in [0.717, 1.165) is 16.9 Å². The quantitative estimate of drug-likeness (QED) is 0.719. The van der Waals surface area contributed by atoms with Gasteiger partial charge in [0.15, 0.2) is 0 Å². The second kappa shape index (κ2) is 4.38. The molecule has 2 aliphatic heterocycles. The average Bonchev–Trinajstić information content (AvgIpc) is 2.83. The van der Waals surface area contributed by atoms with Gasteiger partial charge in [0.05, 0.1) is 0 Å². The van der Waals surface area contributed by atoms with Gasteiger partial charge in [-0.1, -0.05) is 30.0 Å². The summed E-state index contributed by atoms with van der Waals surface area (Å²) in [6.07, 6.45) is 0. The van der Waals surface area contributed by atoms with Gasteiger partial charge in [-0.3, -0.25) is 9.59 Å². The third-order valence-corrected chi connectivity index (χ3v) is 5.29.